The van der Waals surface area contributed by atoms with Crippen molar-refractivity contribution >= 4 is 5.97 Å². The Hall–Kier alpha value is -0.830. The molecule has 2 N–H and O–H groups in total. The van der Waals surface area contributed by atoms with Gasteiger partial charge in [0.15, 0.2) is 0 Å². The van der Waals surface area contributed by atoms with Crippen LogP contribution in [0.1, 0.15) is 13.8 Å². The second-order valence-electron chi connectivity index (χ2n) is 1.25. The van der Waals surface area contributed by atoms with Crippen LogP contribution >= 0.6 is 0 Å². The number of hydrogen-bond acceptors (Lipinski definition) is 2. The van der Waals surface area contributed by atoms with Crippen LogP contribution in [-0.4, -0.2) is 18.1 Å². The minimum absolute atomic E-state index is 0. The number of carbonyl (C=O) groups is 1. The van der Waals surface area contributed by atoms with Crippen molar-refractivity contribution < 1.29 is 15.0 Å². The zero-order valence-electron chi connectivity index (χ0n) is 5.68. The molecule has 54 valence electrons. The molecule has 0 aromatic heterocycles. The van der Waals surface area contributed by atoms with E-state index < -0.39 is 0 Å². The molecule has 0 unspecified atom stereocenters. The van der Waals surface area contributed by atoms with Gasteiger partial charge >= 0.3 is 5.97 Å². The fourth-order valence-electron chi connectivity index (χ4n) is 0.326. The molecule has 3 heteroatoms. The largest absolute Gasteiger partial charge is 0.463 e. The highest BCUT2D eigenvalue weighted by molar-refractivity contribution is 5.81. The Kier molecular flexibility index (Phi) is 8.79. The van der Waals surface area contributed by atoms with Crippen molar-refractivity contribution in [3.63, 3.8) is 0 Å². The summed E-state index contributed by atoms with van der Waals surface area (Å²) >= 11 is 0. The first kappa shape index (κ1) is 11.0. The van der Waals surface area contributed by atoms with Gasteiger partial charge in [0.2, 0.25) is 0 Å². The summed E-state index contributed by atoms with van der Waals surface area (Å²) in [7, 11) is 0. The Labute approximate surface area is 54.6 Å². The van der Waals surface area contributed by atoms with E-state index in [2.05, 4.69) is 4.74 Å². The van der Waals surface area contributed by atoms with Crippen molar-refractivity contribution in [2.24, 2.45) is 0 Å². The summed E-state index contributed by atoms with van der Waals surface area (Å²) in [5.41, 5.74) is 0. The van der Waals surface area contributed by atoms with Crippen molar-refractivity contribution in [2.75, 3.05) is 6.61 Å². The summed E-state index contributed by atoms with van der Waals surface area (Å²) in [6.45, 7) is 4.00. The first-order chi connectivity index (χ1) is 3.81. The van der Waals surface area contributed by atoms with Crippen LogP contribution < -0.4 is 0 Å². The molecular weight excluding hydrogens is 120 g/mol. The van der Waals surface area contributed by atoms with Gasteiger partial charge in [-0.05, 0) is 13.8 Å². The highest BCUT2D eigenvalue weighted by atomic mass is 16.5. The number of hydrogen-bond donors (Lipinski definition) is 0. The molecule has 0 saturated carbocycles. The molecule has 0 aromatic carbocycles. The van der Waals surface area contributed by atoms with Crippen molar-refractivity contribution in [1.82, 2.24) is 0 Å². The molecule has 0 radical (unpaired) electrons. The van der Waals surface area contributed by atoms with E-state index in [1.807, 2.05) is 0 Å². The summed E-state index contributed by atoms with van der Waals surface area (Å²) < 4.78 is 4.56. The molecule has 0 atom stereocenters. The number of esters is 1. The standard InChI is InChI=1S/C6H10O2.H2O/c1-3-5-6(7)8-4-2;/h3,5H,4H2,1-2H3;1H2/b5-3+;. The lowest BCUT2D eigenvalue weighted by molar-refractivity contribution is -0.137. The maximum absolute atomic E-state index is 10.3. The van der Waals surface area contributed by atoms with Gasteiger partial charge in [-0.3, -0.25) is 0 Å². The van der Waals surface area contributed by atoms with Gasteiger partial charge in [0.25, 0.3) is 0 Å². The molecule has 0 bridgehead atoms. The zero-order valence-corrected chi connectivity index (χ0v) is 5.68. The van der Waals surface area contributed by atoms with Crippen LogP contribution in [0.4, 0.5) is 0 Å². The minimum atomic E-state index is -0.269. The highest BCUT2D eigenvalue weighted by Crippen LogP contribution is 1.78. The maximum atomic E-state index is 10.3. The minimum Gasteiger partial charge on any atom is -0.463 e. The quantitative estimate of drug-likeness (QED) is 0.401. The third-order valence-corrected chi connectivity index (χ3v) is 0.589. The van der Waals surface area contributed by atoms with Gasteiger partial charge in [-0.1, -0.05) is 6.08 Å². The Balaban J connectivity index is 0. The number of carbonyl (C=O) groups excluding carboxylic acids is 1. The SMILES string of the molecule is C/C=C/C(=O)OCC.O. The van der Waals surface area contributed by atoms with Crippen molar-refractivity contribution in [1.29, 1.82) is 0 Å². The van der Waals surface area contributed by atoms with E-state index in [1.54, 1.807) is 19.9 Å². The van der Waals surface area contributed by atoms with Crippen molar-refractivity contribution in [2.45, 2.75) is 13.8 Å². The van der Waals surface area contributed by atoms with Crippen LogP contribution in [0.3, 0.4) is 0 Å². The molecule has 0 aliphatic heterocycles. The van der Waals surface area contributed by atoms with Crippen LogP contribution in [-0.2, 0) is 9.53 Å². The maximum Gasteiger partial charge on any atom is 0.330 e. The van der Waals surface area contributed by atoms with E-state index in [-0.39, 0.29) is 11.4 Å². The van der Waals surface area contributed by atoms with E-state index >= 15 is 0 Å². The second kappa shape index (κ2) is 7.17. The number of allylic oxidation sites excluding steroid dienone is 1. The second-order valence-corrected chi connectivity index (χ2v) is 1.25. The lowest BCUT2D eigenvalue weighted by atomic mass is 10.5. The summed E-state index contributed by atoms with van der Waals surface area (Å²) in [4.78, 5) is 10.3. The predicted octanol–water partition coefficient (Wildman–Crippen LogP) is 0.301. The van der Waals surface area contributed by atoms with Crippen LogP contribution in [0.2, 0.25) is 0 Å². The molecule has 0 saturated heterocycles. The lowest BCUT2D eigenvalue weighted by Gasteiger charge is -1.91. The van der Waals surface area contributed by atoms with Crippen LogP contribution in [0.5, 0.6) is 0 Å². The normalized spacial score (nSPS) is 8.67. The molecule has 9 heavy (non-hydrogen) atoms. The average molecular weight is 132 g/mol. The van der Waals surface area contributed by atoms with E-state index in [4.69, 9.17) is 0 Å². The molecule has 0 aliphatic carbocycles. The van der Waals surface area contributed by atoms with Gasteiger partial charge in [-0.25, -0.2) is 4.79 Å². The molecule has 0 aromatic rings. The molecule has 0 heterocycles. The highest BCUT2D eigenvalue weighted by Gasteiger charge is 1.88. The zero-order chi connectivity index (χ0) is 6.41. The van der Waals surface area contributed by atoms with E-state index in [0.717, 1.165) is 0 Å². The van der Waals surface area contributed by atoms with Gasteiger partial charge in [0.1, 0.15) is 0 Å². The molecule has 0 spiro atoms. The third kappa shape index (κ3) is 7.17. The van der Waals surface area contributed by atoms with Gasteiger partial charge in [0.05, 0.1) is 6.61 Å². The van der Waals surface area contributed by atoms with E-state index in [0.29, 0.717) is 6.61 Å². The van der Waals surface area contributed by atoms with E-state index in [1.165, 1.54) is 6.08 Å². The lowest BCUT2D eigenvalue weighted by Crippen LogP contribution is -1.98. The molecule has 0 amide bonds. The Bertz CT molecular complexity index is 96.5. The topological polar surface area (TPSA) is 57.8 Å². The van der Waals surface area contributed by atoms with Crippen LogP contribution in [0, 0.1) is 0 Å². The number of rotatable bonds is 2. The van der Waals surface area contributed by atoms with Crippen LogP contribution in [0.25, 0.3) is 0 Å². The first-order valence-electron chi connectivity index (χ1n) is 2.60. The summed E-state index contributed by atoms with van der Waals surface area (Å²) in [6.07, 6.45) is 3.04. The first-order valence-corrected chi connectivity index (χ1v) is 2.60. The molecule has 3 nitrogen and oxygen atoms in total. The molecule has 0 rings (SSSR count). The third-order valence-electron chi connectivity index (χ3n) is 0.589. The smallest absolute Gasteiger partial charge is 0.330 e. The molecule has 0 fully saturated rings. The summed E-state index contributed by atoms with van der Waals surface area (Å²) in [5.74, 6) is -0.269. The van der Waals surface area contributed by atoms with Crippen molar-refractivity contribution in [3.05, 3.63) is 12.2 Å². The Morgan fingerprint density at radius 3 is 2.56 bits per heavy atom. The summed E-state index contributed by atoms with van der Waals surface area (Å²) in [5, 5.41) is 0. The Morgan fingerprint density at radius 2 is 2.22 bits per heavy atom. The van der Waals surface area contributed by atoms with Gasteiger partial charge in [0, 0.05) is 6.08 Å². The van der Waals surface area contributed by atoms with Gasteiger partial charge in [-0.15, -0.1) is 0 Å². The van der Waals surface area contributed by atoms with Crippen LogP contribution in [0.15, 0.2) is 12.2 Å². The monoisotopic (exact) mass is 132 g/mol. The fraction of sp³-hybridized carbons (Fsp3) is 0.500. The van der Waals surface area contributed by atoms with Gasteiger partial charge < -0.3 is 10.2 Å². The predicted molar refractivity (Wildman–Crippen MR) is 35.1 cm³/mol. The fourth-order valence-corrected chi connectivity index (χ4v) is 0.326. The Morgan fingerprint density at radius 1 is 1.67 bits per heavy atom. The summed E-state index contributed by atoms with van der Waals surface area (Å²) in [6, 6.07) is 0. The van der Waals surface area contributed by atoms with Crippen molar-refractivity contribution in [3.8, 4) is 0 Å². The average Bonchev–Trinajstić information content (AvgIpc) is 1.68. The van der Waals surface area contributed by atoms with Gasteiger partial charge in [-0.2, -0.15) is 0 Å². The molecule has 0 aliphatic rings. The van der Waals surface area contributed by atoms with E-state index in [9.17, 15) is 4.79 Å². The number of ether oxygens (including phenoxy) is 1. The molecular formula is C6H12O3.